The molecule has 2 unspecified atom stereocenters. The molecule has 0 aliphatic heterocycles. The molecule has 0 saturated carbocycles. The van der Waals surface area contributed by atoms with E-state index in [9.17, 15) is 0 Å². The Morgan fingerprint density at radius 2 is 1.44 bits per heavy atom. The average molecular weight is 343 g/mol. The number of unbranched alkanes of at least 4 members (excludes halogenated alkanes) is 2. The summed E-state index contributed by atoms with van der Waals surface area (Å²) in [5.41, 5.74) is 3.08. The predicted molar refractivity (Wildman–Crippen MR) is 111 cm³/mol. The van der Waals surface area contributed by atoms with Crippen LogP contribution < -0.4 is 10.6 Å². The molecule has 0 spiro atoms. The molecule has 140 valence electrons. The minimum Gasteiger partial charge on any atom is -0.314 e. The summed E-state index contributed by atoms with van der Waals surface area (Å²) in [6, 6.07) is 10.0. The largest absolute Gasteiger partial charge is 0.314 e. The van der Waals surface area contributed by atoms with Gasteiger partial charge in [-0.3, -0.25) is 0 Å². The van der Waals surface area contributed by atoms with Gasteiger partial charge in [-0.25, -0.2) is 0 Å². The Morgan fingerprint density at radius 3 is 2.00 bits per heavy atom. The number of benzene rings is 1. The Bertz CT molecular complexity index is 517. The standard InChI is InChI=1S/C23H38N2/c1-5-7-15-24-19(3)17-23(18-20(4)25-16-8-6-2)14-13-21-11-9-10-12-22(21)23/h9-14,19-20,24-25H,5-8,15-18H2,1-4H3. The van der Waals surface area contributed by atoms with Crippen LogP contribution in [0, 0.1) is 0 Å². The zero-order valence-electron chi connectivity index (χ0n) is 16.8. The molecule has 25 heavy (non-hydrogen) atoms. The normalized spacial score (nSPS) is 21.3. The first-order chi connectivity index (χ1) is 12.1. The molecule has 0 bridgehead atoms. The molecule has 0 heterocycles. The van der Waals surface area contributed by atoms with Gasteiger partial charge in [-0.1, -0.05) is 63.1 Å². The molecule has 2 rings (SSSR count). The van der Waals surface area contributed by atoms with Crippen molar-refractivity contribution in [3.63, 3.8) is 0 Å². The maximum absolute atomic E-state index is 3.74. The summed E-state index contributed by atoms with van der Waals surface area (Å²) in [7, 11) is 0. The third-order valence-electron chi connectivity index (χ3n) is 5.47. The third kappa shape index (κ3) is 5.69. The Labute approximate surface area is 155 Å². The van der Waals surface area contributed by atoms with E-state index in [0.29, 0.717) is 12.1 Å². The van der Waals surface area contributed by atoms with Crippen LogP contribution in [0.3, 0.4) is 0 Å². The Kier molecular flexibility index (Phi) is 8.18. The van der Waals surface area contributed by atoms with Gasteiger partial charge in [-0.15, -0.1) is 0 Å². The molecule has 2 heteroatoms. The van der Waals surface area contributed by atoms with Gasteiger partial charge < -0.3 is 10.6 Å². The highest BCUT2D eigenvalue weighted by atomic mass is 14.9. The Hall–Kier alpha value is -1.12. The Balaban J connectivity index is 2.09. The summed E-state index contributed by atoms with van der Waals surface area (Å²) in [6.45, 7) is 11.5. The van der Waals surface area contributed by atoms with Gasteiger partial charge in [0, 0.05) is 17.5 Å². The van der Waals surface area contributed by atoms with E-state index in [4.69, 9.17) is 0 Å². The van der Waals surface area contributed by atoms with Gasteiger partial charge in [0.05, 0.1) is 0 Å². The fourth-order valence-electron chi connectivity index (χ4n) is 4.16. The lowest BCUT2D eigenvalue weighted by atomic mass is 9.73. The molecule has 0 fully saturated rings. The van der Waals surface area contributed by atoms with Crippen molar-refractivity contribution in [1.82, 2.24) is 10.6 Å². The molecular weight excluding hydrogens is 304 g/mol. The molecule has 0 saturated heterocycles. The van der Waals surface area contributed by atoms with E-state index in [1.165, 1.54) is 49.7 Å². The maximum atomic E-state index is 3.74. The topological polar surface area (TPSA) is 24.1 Å². The lowest BCUT2D eigenvalue weighted by Crippen LogP contribution is -2.40. The van der Waals surface area contributed by atoms with Crippen molar-refractivity contribution in [1.29, 1.82) is 0 Å². The summed E-state index contributed by atoms with van der Waals surface area (Å²) >= 11 is 0. The molecule has 1 aromatic carbocycles. The molecule has 0 radical (unpaired) electrons. The van der Waals surface area contributed by atoms with Gasteiger partial charge in [-0.05, 0) is 63.7 Å². The van der Waals surface area contributed by atoms with Crippen LogP contribution in [-0.4, -0.2) is 25.2 Å². The van der Waals surface area contributed by atoms with E-state index in [0.717, 1.165) is 13.1 Å². The molecule has 1 aromatic rings. The van der Waals surface area contributed by atoms with Crippen LogP contribution in [-0.2, 0) is 5.41 Å². The molecule has 1 aliphatic carbocycles. The van der Waals surface area contributed by atoms with E-state index >= 15 is 0 Å². The van der Waals surface area contributed by atoms with Gasteiger partial charge in [0.1, 0.15) is 0 Å². The lowest BCUT2D eigenvalue weighted by Gasteiger charge is -2.35. The minimum absolute atomic E-state index is 0.161. The first-order valence-electron chi connectivity index (χ1n) is 10.4. The van der Waals surface area contributed by atoms with Crippen molar-refractivity contribution >= 4 is 6.08 Å². The number of hydrogen-bond donors (Lipinski definition) is 2. The second kappa shape index (κ2) is 10.1. The maximum Gasteiger partial charge on any atom is 0.0170 e. The number of hydrogen-bond acceptors (Lipinski definition) is 2. The second-order valence-corrected chi connectivity index (χ2v) is 7.90. The monoisotopic (exact) mass is 342 g/mol. The van der Waals surface area contributed by atoms with Crippen LogP contribution in [0.4, 0.5) is 0 Å². The Morgan fingerprint density at radius 1 is 0.880 bits per heavy atom. The zero-order chi connectivity index (χ0) is 18.1. The molecule has 2 atom stereocenters. The SMILES string of the molecule is CCCCNC(C)CC1(CC(C)NCCCC)C=Cc2ccccc21. The van der Waals surface area contributed by atoms with Gasteiger partial charge >= 0.3 is 0 Å². The van der Waals surface area contributed by atoms with E-state index < -0.39 is 0 Å². The van der Waals surface area contributed by atoms with E-state index in [1.54, 1.807) is 0 Å². The number of allylic oxidation sites excluding steroid dienone is 1. The van der Waals surface area contributed by atoms with Crippen LogP contribution in [0.15, 0.2) is 30.3 Å². The van der Waals surface area contributed by atoms with Crippen LogP contribution in [0.1, 0.15) is 77.3 Å². The van der Waals surface area contributed by atoms with E-state index in [1.807, 2.05) is 0 Å². The summed E-state index contributed by atoms with van der Waals surface area (Å²) in [4.78, 5) is 0. The fourth-order valence-corrected chi connectivity index (χ4v) is 4.16. The predicted octanol–water partition coefficient (Wildman–Crippen LogP) is 5.29. The van der Waals surface area contributed by atoms with Gasteiger partial charge in [0.25, 0.3) is 0 Å². The van der Waals surface area contributed by atoms with Crippen molar-refractivity contribution < 1.29 is 0 Å². The van der Waals surface area contributed by atoms with Crippen molar-refractivity contribution in [2.45, 2.75) is 83.7 Å². The highest BCUT2D eigenvalue weighted by molar-refractivity contribution is 5.65. The van der Waals surface area contributed by atoms with E-state index in [-0.39, 0.29) is 5.41 Å². The number of rotatable bonds is 12. The third-order valence-corrected chi connectivity index (χ3v) is 5.47. The van der Waals surface area contributed by atoms with Gasteiger partial charge in [0.15, 0.2) is 0 Å². The zero-order valence-corrected chi connectivity index (χ0v) is 16.8. The van der Waals surface area contributed by atoms with Crippen molar-refractivity contribution in [2.75, 3.05) is 13.1 Å². The van der Waals surface area contributed by atoms with Crippen LogP contribution in [0.2, 0.25) is 0 Å². The quantitative estimate of drug-likeness (QED) is 0.504. The molecular formula is C23H38N2. The first-order valence-corrected chi connectivity index (χ1v) is 10.4. The first kappa shape index (κ1) is 20.2. The number of nitrogens with one attached hydrogen (secondary N) is 2. The van der Waals surface area contributed by atoms with Gasteiger partial charge in [0.2, 0.25) is 0 Å². The molecule has 2 nitrogen and oxygen atoms in total. The number of fused-ring (bicyclic) bond motifs is 1. The van der Waals surface area contributed by atoms with Crippen molar-refractivity contribution in [3.05, 3.63) is 41.5 Å². The lowest BCUT2D eigenvalue weighted by molar-refractivity contribution is 0.340. The van der Waals surface area contributed by atoms with Crippen molar-refractivity contribution in [2.24, 2.45) is 0 Å². The second-order valence-electron chi connectivity index (χ2n) is 7.90. The summed E-state index contributed by atoms with van der Waals surface area (Å²) in [6.07, 6.45) is 12.2. The van der Waals surface area contributed by atoms with Crippen molar-refractivity contribution in [3.8, 4) is 0 Å². The molecule has 0 aromatic heterocycles. The molecule has 1 aliphatic rings. The highest BCUT2D eigenvalue weighted by Gasteiger charge is 2.37. The van der Waals surface area contributed by atoms with Crippen LogP contribution >= 0.6 is 0 Å². The average Bonchev–Trinajstić information content (AvgIpc) is 2.94. The van der Waals surface area contributed by atoms with Gasteiger partial charge in [-0.2, -0.15) is 0 Å². The minimum atomic E-state index is 0.161. The van der Waals surface area contributed by atoms with Crippen LogP contribution in [0.5, 0.6) is 0 Å². The summed E-state index contributed by atoms with van der Waals surface area (Å²) in [5.74, 6) is 0. The molecule has 0 amide bonds. The summed E-state index contributed by atoms with van der Waals surface area (Å²) in [5, 5.41) is 7.47. The summed E-state index contributed by atoms with van der Waals surface area (Å²) < 4.78 is 0. The fraction of sp³-hybridized carbons (Fsp3) is 0.652. The highest BCUT2D eigenvalue weighted by Crippen LogP contribution is 2.43. The smallest absolute Gasteiger partial charge is 0.0170 e. The molecule has 2 N–H and O–H groups in total. The van der Waals surface area contributed by atoms with Crippen LogP contribution in [0.25, 0.3) is 6.08 Å². The van der Waals surface area contributed by atoms with E-state index in [2.05, 4.69) is 74.7 Å².